The van der Waals surface area contributed by atoms with Crippen LogP contribution in [0.1, 0.15) is 51.8 Å². The van der Waals surface area contributed by atoms with Crippen molar-refractivity contribution in [3.8, 4) is 0 Å². The normalized spacial score (nSPS) is 31.4. The van der Waals surface area contributed by atoms with Gasteiger partial charge in [0.1, 0.15) is 0 Å². The van der Waals surface area contributed by atoms with Crippen LogP contribution in [0.25, 0.3) is 0 Å². The molecular formula is C13H23N3S. The molecule has 0 saturated heterocycles. The van der Waals surface area contributed by atoms with Gasteiger partial charge in [-0.2, -0.15) is 8.75 Å². The number of hydrogen-bond acceptors (Lipinski definition) is 4. The van der Waals surface area contributed by atoms with Gasteiger partial charge in [0.25, 0.3) is 0 Å². The molecule has 17 heavy (non-hydrogen) atoms. The second-order valence-electron chi connectivity index (χ2n) is 5.55. The number of aromatic nitrogens is 2. The summed E-state index contributed by atoms with van der Waals surface area (Å²) < 4.78 is 8.58. The van der Waals surface area contributed by atoms with Crippen LogP contribution in [-0.4, -0.2) is 15.3 Å². The van der Waals surface area contributed by atoms with Crippen molar-refractivity contribution >= 4 is 11.7 Å². The molecule has 3 unspecified atom stereocenters. The summed E-state index contributed by atoms with van der Waals surface area (Å²) in [7, 11) is 0. The zero-order chi connectivity index (χ0) is 12.3. The fraction of sp³-hybridized carbons (Fsp3) is 0.846. The number of rotatable bonds is 4. The van der Waals surface area contributed by atoms with Gasteiger partial charge in [-0.05, 0) is 43.6 Å². The van der Waals surface area contributed by atoms with E-state index in [1.807, 2.05) is 6.20 Å². The van der Waals surface area contributed by atoms with Crippen LogP contribution in [-0.2, 0) is 0 Å². The van der Waals surface area contributed by atoms with Crippen LogP contribution in [0.4, 0.5) is 0 Å². The first-order chi connectivity index (χ1) is 8.20. The van der Waals surface area contributed by atoms with Crippen LogP contribution < -0.4 is 5.32 Å². The van der Waals surface area contributed by atoms with E-state index in [0.717, 1.165) is 30.0 Å². The summed E-state index contributed by atoms with van der Waals surface area (Å²) in [6.07, 6.45) is 5.95. The van der Waals surface area contributed by atoms with Crippen LogP contribution in [0.5, 0.6) is 0 Å². The van der Waals surface area contributed by atoms with Gasteiger partial charge in [0.2, 0.25) is 0 Å². The average molecular weight is 253 g/mol. The molecular weight excluding hydrogens is 230 g/mol. The maximum absolute atomic E-state index is 4.43. The van der Waals surface area contributed by atoms with Crippen molar-refractivity contribution in [2.45, 2.75) is 46.1 Å². The quantitative estimate of drug-likeness (QED) is 0.895. The molecule has 4 heteroatoms. The highest BCUT2D eigenvalue weighted by Gasteiger charge is 2.31. The number of nitrogens with one attached hydrogen (secondary N) is 1. The van der Waals surface area contributed by atoms with E-state index in [1.54, 1.807) is 0 Å². The summed E-state index contributed by atoms with van der Waals surface area (Å²) in [4.78, 5) is 0. The Bertz CT molecular complexity index is 315. The Morgan fingerprint density at radius 3 is 2.59 bits per heavy atom. The van der Waals surface area contributed by atoms with Crippen molar-refractivity contribution in [2.75, 3.05) is 6.54 Å². The lowest BCUT2D eigenvalue weighted by molar-refractivity contribution is 0.176. The summed E-state index contributed by atoms with van der Waals surface area (Å²) in [6, 6.07) is 0.406. The van der Waals surface area contributed by atoms with E-state index in [2.05, 4.69) is 34.8 Å². The molecule has 3 atom stereocenters. The third-order valence-corrected chi connectivity index (χ3v) is 4.30. The van der Waals surface area contributed by atoms with Gasteiger partial charge in [-0.1, -0.05) is 20.8 Å². The van der Waals surface area contributed by atoms with Crippen molar-refractivity contribution in [1.29, 1.82) is 0 Å². The van der Waals surface area contributed by atoms with E-state index < -0.39 is 0 Å². The minimum atomic E-state index is 0.406. The van der Waals surface area contributed by atoms with Gasteiger partial charge in [0.05, 0.1) is 29.7 Å². The van der Waals surface area contributed by atoms with Crippen LogP contribution in [0.3, 0.4) is 0 Å². The molecule has 0 aromatic carbocycles. The molecule has 1 N–H and O–H groups in total. The summed E-state index contributed by atoms with van der Waals surface area (Å²) in [5.74, 6) is 2.41. The maximum Gasteiger partial charge on any atom is 0.0915 e. The predicted octanol–water partition coefficient (Wildman–Crippen LogP) is 3.26. The molecule has 1 aliphatic carbocycles. The van der Waals surface area contributed by atoms with E-state index in [1.165, 1.54) is 31.0 Å². The zero-order valence-electron chi connectivity index (χ0n) is 11.0. The van der Waals surface area contributed by atoms with Crippen molar-refractivity contribution in [3.05, 3.63) is 11.9 Å². The molecule has 1 aliphatic rings. The van der Waals surface area contributed by atoms with Gasteiger partial charge in [0, 0.05) is 0 Å². The molecule has 1 aromatic heterocycles. The summed E-state index contributed by atoms with van der Waals surface area (Å²) in [5.41, 5.74) is 1.14. The fourth-order valence-corrected chi connectivity index (χ4v) is 3.78. The summed E-state index contributed by atoms with van der Waals surface area (Å²) in [5, 5.41) is 3.60. The molecule has 0 bridgehead atoms. The SMILES string of the molecule is CCNC(c1cnsn1)C1CC(C)CC(C)C1. The van der Waals surface area contributed by atoms with Crippen LogP contribution >= 0.6 is 11.7 Å². The molecule has 0 radical (unpaired) electrons. The Labute approximate surface area is 108 Å². The van der Waals surface area contributed by atoms with Gasteiger partial charge in [-0.3, -0.25) is 0 Å². The minimum absolute atomic E-state index is 0.406. The highest BCUT2D eigenvalue weighted by atomic mass is 32.1. The smallest absolute Gasteiger partial charge is 0.0915 e. The zero-order valence-corrected chi connectivity index (χ0v) is 11.8. The van der Waals surface area contributed by atoms with Crippen LogP contribution in [0.15, 0.2) is 6.20 Å². The molecule has 0 spiro atoms. The van der Waals surface area contributed by atoms with E-state index in [9.17, 15) is 0 Å². The molecule has 1 fully saturated rings. The third-order valence-electron chi connectivity index (χ3n) is 3.81. The Morgan fingerprint density at radius 1 is 1.35 bits per heavy atom. The second kappa shape index (κ2) is 5.91. The van der Waals surface area contributed by atoms with E-state index >= 15 is 0 Å². The van der Waals surface area contributed by atoms with Crippen molar-refractivity contribution < 1.29 is 0 Å². The first-order valence-corrected chi connectivity index (χ1v) is 7.44. The molecule has 1 aromatic rings. The summed E-state index contributed by atoms with van der Waals surface area (Å²) in [6.45, 7) is 7.93. The standard InChI is InChI=1S/C13H23N3S/c1-4-14-13(12-8-15-17-16-12)11-6-9(2)5-10(3)7-11/h8-11,13-14H,4-7H2,1-3H3. The Hall–Kier alpha value is -0.480. The highest BCUT2D eigenvalue weighted by molar-refractivity contribution is 6.99. The molecule has 1 heterocycles. The van der Waals surface area contributed by atoms with Gasteiger partial charge in [-0.25, -0.2) is 0 Å². The van der Waals surface area contributed by atoms with E-state index in [-0.39, 0.29) is 0 Å². The largest absolute Gasteiger partial charge is 0.309 e. The van der Waals surface area contributed by atoms with Crippen molar-refractivity contribution in [2.24, 2.45) is 17.8 Å². The van der Waals surface area contributed by atoms with E-state index in [0.29, 0.717) is 6.04 Å². The lowest BCUT2D eigenvalue weighted by atomic mass is 9.73. The Balaban J connectivity index is 2.10. The monoisotopic (exact) mass is 253 g/mol. The van der Waals surface area contributed by atoms with Crippen LogP contribution in [0, 0.1) is 17.8 Å². The highest BCUT2D eigenvalue weighted by Crippen LogP contribution is 2.39. The molecule has 3 nitrogen and oxygen atoms in total. The Morgan fingerprint density at radius 2 is 2.06 bits per heavy atom. The molecule has 96 valence electrons. The average Bonchev–Trinajstić information content (AvgIpc) is 2.77. The topological polar surface area (TPSA) is 37.8 Å². The van der Waals surface area contributed by atoms with E-state index in [4.69, 9.17) is 0 Å². The first-order valence-electron chi connectivity index (χ1n) is 6.71. The van der Waals surface area contributed by atoms with Gasteiger partial charge in [-0.15, -0.1) is 0 Å². The third kappa shape index (κ3) is 3.26. The molecule has 0 amide bonds. The minimum Gasteiger partial charge on any atom is -0.309 e. The van der Waals surface area contributed by atoms with Crippen molar-refractivity contribution in [3.63, 3.8) is 0 Å². The van der Waals surface area contributed by atoms with Gasteiger partial charge in [0.15, 0.2) is 0 Å². The van der Waals surface area contributed by atoms with Gasteiger partial charge >= 0.3 is 0 Å². The first kappa shape index (κ1) is 13.0. The predicted molar refractivity (Wildman–Crippen MR) is 72.0 cm³/mol. The van der Waals surface area contributed by atoms with Gasteiger partial charge < -0.3 is 5.32 Å². The Kier molecular flexibility index (Phi) is 4.51. The van der Waals surface area contributed by atoms with Crippen LogP contribution in [0.2, 0.25) is 0 Å². The molecule has 1 saturated carbocycles. The maximum atomic E-state index is 4.43. The lowest BCUT2D eigenvalue weighted by Crippen LogP contribution is -2.33. The van der Waals surface area contributed by atoms with Crippen molar-refractivity contribution in [1.82, 2.24) is 14.1 Å². The summed E-state index contributed by atoms with van der Waals surface area (Å²) >= 11 is 1.32. The lowest BCUT2D eigenvalue weighted by Gasteiger charge is -2.36. The number of hydrogen-bond donors (Lipinski definition) is 1. The fourth-order valence-electron chi connectivity index (χ4n) is 3.32. The second-order valence-corrected chi connectivity index (χ2v) is 6.10. The molecule has 2 rings (SSSR count). The molecule has 0 aliphatic heterocycles. The number of nitrogens with zero attached hydrogens (tertiary/aromatic N) is 2.